The van der Waals surface area contributed by atoms with Crippen molar-refractivity contribution < 1.29 is 14.3 Å². The maximum absolute atomic E-state index is 12.4. The zero-order valence-corrected chi connectivity index (χ0v) is 14.9. The number of para-hydroxylation sites is 1. The Morgan fingerprint density at radius 3 is 2.20 bits per heavy atom. The van der Waals surface area contributed by atoms with Crippen molar-refractivity contribution in [2.45, 2.75) is 26.4 Å². The fourth-order valence-electron chi connectivity index (χ4n) is 2.49. The van der Waals surface area contributed by atoms with Crippen LogP contribution in [-0.2, 0) is 14.3 Å². The number of hydrogen-bond donors (Lipinski definition) is 1. The minimum absolute atomic E-state index is 0.183. The minimum atomic E-state index is -0.618. The highest BCUT2D eigenvalue weighted by Gasteiger charge is 2.24. The van der Waals surface area contributed by atoms with Crippen LogP contribution in [0.1, 0.15) is 20.8 Å². The first-order valence-electron chi connectivity index (χ1n) is 8.18. The van der Waals surface area contributed by atoms with E-state index in [2.05, 4.69) is 0 Å². The van der Waals surface area contributed by atoms with Crippen molar-refractivity contribution in [1.82, 2.24) is 0 Å². The number of carbonyl (C=O) groups excluding carboxylic acids is 2. The molecule has 2 rings (SSSR count). The van der Waals surface area contributed by atoms with E-state index in [4.69, 9.17) is 10.5 Å². The van der Waals surface area contributed by atoms with Crippen LogP contribution in [0.2, 0.25) is 0 Å². The number of nitrogens with two attached hydrogens (primary N) is 1. The quantitative estimate of drug-likeness (QED) is 0.849. The predicted octanol–water partition coefficient (Wildman–Crippen LogP) is 2.99. The van der Waals surface area contributed by atoms with Crippen molar-refractivity contribution in [3.05, 3.63) is 54.6 Å². The van der Waals surface area contributed by atoms with Gasteiger partial charge in [0.05, 0.1) is 12.2 Å². The maximum Gasteiger partial charge on any atom is 0.326 e. The van der Waals surface area contributed by atoms with Crippen molar-refractivity contribution in [1.29, 1.82) is 0 Å². The van der Waals surface area contributed by atoms with E-state index in [-0.39, 0.29) is 19.0 Å². The summed E-state index contributed by atoms with van der Waals surface area (Å²) >= 11 is 0. The molecule has 2 N–H and O–H groups in total. The van der Waals surface area contributed by atoms with Gasteiger partial charge in [0.15, 0.2) is 0 Å². The number of anilines is 1. The first-order valence-corrected chi connectivity index (χ1v) is 8.18. The maximum atomic E-state index is 12.4. The van der Waals surface area contributed by atoms with Crippen LogP contribution in [0.4, 0.5) is 5.69 Å². The predicted molar refractivity (Wildman–Crippen MR) is 99.1 cm³/mol. The molecular weight excluding hydrogens is 316 g/mol. The van der Waals surface area contributed by atoms with Crippen molar-refractivity contribution in [3.63, 3.8) is 0 Å². The molecule has 0 radical (unpaired) electrons. The van der Waals surface area contributed by atoms with Gasteiger partial charge in [0.1, 0.15) is 12.1 Å². The van der Waals surface area contributed by atoms with Gasteiger partial charge in [-0.25, -0.2) is 0 Å². The molecule has 5 nitrogen and oxygen atoms in total. The lowest BCUT2D eigenvalue weighted by Crippen LogP contribution is -2.42. The molecule has 0 aromatic heterocycles. The molecule has 0 aliphatic rings. The van der Waals surface area contributed by atoms with Gasteiger partial charge >= 0.3 is 5.97 Å². The summed E-state index contributed by atoms with van der Waals surface area (Å²) in [5.74, 6) is -0.814. The molecule has 25 heavy (non-hydrogen) atoms. The van der Waals surface area contributed by atoms with Gasteiger partial charge in [0.2, 0.25) is 5.91 Å². The molecule has 5 heteroatoms. The Balaban J connectivity index is 2.39. The first-order chi connectivity index (χ1) is 11.8. The van der Waals surface area contributed by atoms with E-state index in [0.29, 0.717) is 5.69 Å². The Bertz CT molecular complexity index is 736. The number of esters is 1. The summed E-state index contributed by atoms with van der Waals surface area (Å²) < 4.78 is 5.36. The second-order valence-electron chi connectivity index (χ2n) is 6.65. The molecule has 132 valence electrons. The van der Waals surface area contributed by atoms with Crippen molar-refractivity contribution in [2.75, 3.05) is 18.0 Å². The number of rotatable bonds is 5. The minimum Gasteiger partial charge on any atom is -0.459 e. The smallest absolute Gasteiger partial charge is 0.326 e. The van der Waals surface area contributed by atoms with Crippen LogP contribution >= 0.6 is 0 Å². The Labute approximate surface area is 148 Å². The van der Waals surface area contributed by atoms with Crippen LogP contribution in [0.25, 0.3) is 11.1 Å². The average molecular weight is 340 g/mol. The van der Waals surface area contributed by atoms with Gasteiger partial charge in [0.25, 0.3) is 0 Å². The molecule has 0 atom stereocenters. The van der Waals surface area contributed by atoms with Crippen LogP contribution in [0, 0.1) is 0 Å². The molecule has 0 heterocycles. The van der Waals surface area contributed by atoms with E-state index >= 15 is 0 Å². The Morgan fingerprint density at radius 1 is 1.00 bits per heavy atom. The lowest BCUT2D eigenvalue weighted by Gasteiger charge is -2.26. The Morgan fingerprint density at radius 2 is 1.60 bits per heavy atom. The lowest BCUT2D eigenvalue weighted by molar-refractivity contribution is -0.153. The largest absolute Gasteiger partial charge is 0.459 e. The monoisotopic (exact) mass is 340 g/mol. The van der Waals surface area contributed by atoms with Gasteiger partial charge in [-0.15, -0.1) is 0 Å². The lowest BCUT2D eigenvalue weighted by atomic mass is 10.0. The number of carbonyl (C=O) groups is 2. The van der Waals surface area contributed by atoms with Crippen LogP contribution in [0.15, 0.2) is 54.6 Å². The highest BCUT2D eigenvalue weighted by molar-refractivity contribution is 6.02. The van der Waals surface area contributed by atoms with Crippen molar-refractivity contribution in [2.24, 2.45) is 5.73 Å². The molecule has 0 aliphatic heterocycles. The van der Waals surface area contributed by atoms with Crippen molar-refractivity contribution in [3.8, 4) is 11.1 Å². The Kier molecular flexibility index (Phi) is 5.93. The molecule has 0 saturated carbocycles. The van der Waals surface area contributed by atoms with E-state index in [1.807, 2.05) is 48.5 Å². The van der Waals surface area contributed by atoms with Gasteiger partial charge in [0, 0.05) is 5.56 Å². The number of benzene rings is 2. The molecule has 0 spiro atoms. The highest BCUT2D eigenvalue weighted by Crippen LogP contribution is 2.30. The third kappa shape index (κ3) is 5.16. The second kappa shape index (κ2) is 7.94. The summed E-state index contributed by atoms with van der Waals surface area (Å²) in [4.78, 5) is 26.0. The summed E-state index contributed by atoms with van der Waals surface area (Å²) in [5.41, 5.74) is 7.39. The van der Waals surface area contributed by atoms with E-state index in [0.717, 1.165) is 11.1 Å². The van der Waals surface area contributed by atoms with E-state index in [1.165, 1.54) is 4.90 Å². The summed E-state index contributed by atoms with van der Waals surface area (Å²) in [6.07, 6.45) is 0. The molecule has 0 saturated heterocycles. The molecule has 0 aliphatic carbocycles. The molecule has 2 aromatic carbocycles. The number of ether oxygens (including phenoxy) is 1. The van der Waals surface area contributed by atoms with Gasteiger partial charge < -0.3 is 10.5 Å². The van der Waals surface area contributed by atoms with Crippen LogP contribution in [0.3, 0.4) is 0 Å². The fraction of sp³-hybridized carbons (Fsp3) is 0.300. The second-order valence-corrected chi connectivity index (χ2v) is 6.65. The third-order valence-electron chi connectivity index (χ3n) is 3.46. The molecule has 0 bridgehead atoms. The van der Waals surface area contributed by atoms with Gasteiger partial charge in [-0.05, 0) is 32.4 Å². The van der Waals surface area contributed by atoms with Gasteiger partial charge in [-0.2, -0.15) is 0 Å². The standard InChI is InChI=1S/C20H24N2O3/c1-20(2,3)25-19(24)14-22(18(23)13-21)17-12-8-7-11-16(17)15-9-5-4-6-10-15/h4-12H,13-14,21H2,1-3H3. The topological polar surface area (TPSA) is 72.6 Å². The molecule has 1 amide bonds. The summed E-state index contributed by atoms with van der Waals surface area (Å²) in [5, 5.41) is 0. The first kappa shape index (κ1) is 18.7. The van der Waals surface area contributed by atoms with Crippen molar-refractivity contribution >= 4 is 17.6 Å². The molecule has 2 aromatic rings. The van der Waals surface area contributed by atoms with E-state index < -0.39 is 11.6 Å². The Hall–Kier alpha value is -2.66. The average Bonchev–Trinajstić information content (AvgIpc) is 2.58. The van der Waals surface area contributed by atoms with Crippen LogP contribution in [0.5, 0.6) is 0 Å². The summed E-state index contributed by atoms with van der Waals surface area (Å²) in [6.45, 7) is 5.00. The van der Waals surface area contributed by atoms with Gasteiger partial charge in [-0.3, -0.25) is 14.5 Å². The third-order valence-corrected chi connectivity index (χ3v) is 3.46. The highest BCUT2D eigenvalue weighted by atomic mass is 16.6. The molecular formula is C20H24N2O3. The fourth-order valence-corrected chi connectivity index (χ4v) is 2.49. The summed E-state index contributed by atoms with van der Waals surface area (Å²) in [6, 6.07) is 17.1. The van der Waals surface area contributed by atoms with Crippen LogP contribution < -0.4 is 10.6 Å². The summed E-state index contributed by atoms with van der Waals surface area (Å²) in [7, 11) is 0. The van der Waals surface area contributed by atoms with Crippen LogP contribution in [-0.4, -0.2) is 30.6 Å². The molecule has 0 unspecified atom stereocenters. The normalized spacial score (nSPS) is 11.0. The van der Waals surface area contributed by atoms with E-state index in [1.54, 1.807) is 26.8 Å². The number of amides is 1. The SMILES string of the molecule is CC(C)(C)OC(=O)CN(C(=O)CN)c1ccccc1-c1ccccc1. The zero-order valence-electron chi connectivity index (χ0n) is 14.9. The van der Waals surface area contributed by atoms with Gasteiger partial charge in [-0.1, -0.05) is 48.5 Å². The van der Waals surface area contributed by atoms with E-state index in [9.17, 15) is 9.59 Å². The number of nitrogens with zero attached hydrogens (tertiary/aromatic N) is 1. The number of hydrogen-bond acceptors (Lipinski definition) is 4. The molecule has 0 fully saturated rings. The zero-order chi connectivity index (χ0) is 18.4.